The van der Waals surface area contributed by atoms with Crippen LogP contribution in [0.4, 0.5) is 10.5 Å². The second-order valence-corrected chi connectivity index (χ2v) is 4.48. The van der Waals surface area contributed by atoms with Crippen molar-refractivity contribution >= 4 is 40.4 Å². The number of fused-ring (bicyclic) bond motifs is 1. The third kappa shape index (κ3) is 2.92. The molecule has 0 fully saturated rings. The average molecular weight is 265 g/mol. The Morgan fingerprint density at radius 3 is 2.94 bits per heavy atom. The fraction of sp³-hybridized carbons (Fsp3) is 0.100. The summed E-state index contributed by atoms with van der Waals surface area (Å²) in [5, 5.41) is 2.55. The average Bonchev–Trinajstić information content (AvgIpc) is 2.67. The molecule has 3 amide bonds. The number of anilines is 1. The number of nitrogens with one attached hydrogen (secondary N) is 2. The van der Waals surface area contributed by atoms with Crippen molar-refractivity contribution in [1.29, 1.82) is 0 Å². The van der Waals surface area contributed by atoms with E-state index in [1.807, 2.05) is 5.32 Å². The van der Waals surface area contributed by atoms with Crippen LogP contribution in [0.3, 0.4) is 0 Å². The van der Waals surface area contributed by atoms with Crippen molar-refractivity contribution in [2.45, 2.75) is 5.16 Å². The van der Waals surface area contributed by atoms with Gasteiger partial charge in [0.1, 0.15) is 0 Å². The molecule has 2 rings (SSSR count). The Balaban J connectivity index is 2.04. The lowest BCUT2D eigenvalue weighted by Crippen LogP contribution is -2.36. The van der Waals surface area contributed by atoms with E-state index in [9.17, 15) is 9.59 Å². The van der Waals surface area contributed by atoms with Gasteiger partial charge >= 0.3 is 6.03 Å². The van der Waals surface area contributed by atoms with Gasteiger partial charge in [-0.2, -0.15) is 0 Å². The summed E-state index contributed by atoms with van der Waals surface area (Å²) in [6, 6.07) is 4.43. The summed E-state index contributed by atoms with van der Waals surface area (Å²) in [4.78, 5) is 28.9. The highest BCUT2D eigenvalue weighted by molar-refractivity contribution is 7.99. The Labute approximate surface area is 106 Å². The molecular formula is C10H11N5O2S. The molecule has 6 N–H and O–H groups in total. The molecule has 2 aromatic rings. The highest BCUT2D eigenvalue weighted by atomic mass is 32.2. The predicted molar refractivity (Wildman–Crippen MR) is 69.0 cm³/mol. The molecule has 0 aliphatic carbocycles. The number of hydrogen-bond acceptors (Lipinski definition) is 5. The van der Waals surface area contributed by atoms with Crippen LogP contribution in [0.25, 0.3) is 11.0 Å². The van der Waals surface area contributed by atoms with E-state index >= 15 is 0 Å². The van der Waals surface area contributed by atoms with Crippen LogP contribution in [-0.2, 0) is 4.79 Å². The first-order valence-corrected chi connectivity index (χ1v) is 6.00. The zero-order chi connectivity index (χ0) is 13.1. The van der Waals surface area contributed by atoms with Gasteiger partial charge in [0.25, 0.3) is 0 Å². The topological polar surface area (TPSA) is 127 Å². The Hall–Kier alpha value is -2.22. The van der Waals surface area contributed by atoms with E-state index in [0.29, 0.717) is 10.8 Å². The number of hydrogen-bond donors (Lipinski definition) is 4. The molecule has 1 aromatic heterocycles. The highest BCUT2D eigenvalue weighted by Crippen LogP contribution is 2.20. The predicted octanol–water partition coefficient (Wildman–Crippen LogP) is 0.432. The Morgan fingerprint density at radius 1 is 1.44 bits per heavy atom. The summed E-state index contributed by atoms with van der Waals surface area (Å²) in [5.74, 6) is -0.411. The normalized spacial score (nSPS) is 10.4. The maximum Gasteiger partial charge on any atom is 0.318 e. The molecule has 0 spiro atoms. The van der Waals surface area contributed by atoms with E-state index in [2.05, 4.69) is 9.97 Å². The van der Waals surface area contributed by atoms with Gasteiger partial charge < -0.3 is 16.5 Å². The third-order valence-electron chi connectivity index (χ3n) is 2.09. The Morgan fingerprint density at radius 2 is 2.22 bits per heavy atom. The van der Waals surface area contributed by atoms with Gasteiger partial charge in [-0.3, -0.25) is 10.1 Å². The summed E-state index contributed by atoms with van der Waals surface area (Å²) in [6.45, 7) is 0. The molecule has 18 heavy (non-hydrogen) atoms. The van der Waals surface area contributed by atoms with Gasteiger partial charge in [0.2, 0.25) is 5.91 Å². The molecule has 0 aliphatic rings. The number of nitrogens with two attached hydrogens (primary N) is 2. The summed E-state index contributed by atoms with van der Waals surface area (Å²) in [6.07, 6.45) is 0. The molecule has 0 atom stereocenters. The van der Waals surface area contributed by atoms with Crippen LogP contribution >= 0.6 is 11.8 Å². The molecule has 8 heteroatoms. The summed E-state index contributed by atoms with van der Waals surface area (Å²) in [7, 11) is 0. The maximum atomic E-state index is 11.2. The summed E-state index contributed by atoms with van der Waals surface area (Å²) >= 11 is 1.17. The number of urea groups is 1. The van der Waals surface area contributed by atoms with Crippen LogP contribution in [0.15, 0.2) is 23.4 Å². The van der Waals surface area contributed by atoms with Crippen LogP contribution in [0.2, 0.25) is 0 Å². The minimum atomic E-state index is -0.863. The van der Waals surface area contributed by atoms with Crippen molar-refractivity contribution in [3.8, 4) is 0 Å². The summed E-state index contributed by atoms with van der Waals surface area (Å²) in [5.41, 5.74) is 12.7. The number of thioether (sulfide) groups is 1. The second-order valence-electron chi connectivity index (χ2n) is 3.52. The van der Waals surface area contributed by atoms with Gasteiger partial charge in [-0.25, -0.2) is 9.78 Å². The van der Waals surface area contributed by atoms with Gasteiger partial charge in [-0.15, -0.1) is 0 Å². The van der Waals surface area contributed by atoms with Crippen LogP contribution in [0.5, 0.6) is 0 Å². The van der Waals surface area contributed by atoms with E-state index in [0.717, 1.165) is 11.0 Å². The number of primary amides is 1. The number of carbonyl (C=O) groups is 2. The zero-order valence-corrected chi connectivity index (χ0v) is 10.1. The van der Waals surface area contributed by atoms with E-state index in [1.165, 1.54) is 11.8 Å². The minimum absolute atomic E-state index is 0.0538. The number of rotatable bonds is 3. The largest absolute Gasteiger partial charge is 0.399 e. The van der Waals surface area contributed by atoms with Gasteiger partial charge in [0.05, 0.1) is 16.8 Å². The van der Waals surface area contributed by atoms with Crippen molar-refractivity contribution in [1.82, 2.24) is 15.3 Å². The number of nitrogens with zero attached hydrogens (tertiary/aromatic N) is 1. The number of aromatic nitrogens is 2. The number of carbonyl (C=O) groups excluding carboxylic acids is 2. The SMILES string of the molecule is NC(=O)NC(=O)CSc1nc2ccc(N)cc2[nH]1. The first-order chi connectivity index (χ1) is 8.54. The van der Waals surface area contributed by atoms with E-state index in [1.54, 1.807) is 18.2 Å². The molecule has 0 aliphatic heterocycles. The van der Waals surface area contributed by atoms with E-state index in [4.69, 9.17) is 11.5 Å². The standard InChI is InChI=1S/C10H11N5O2S/c11-5-1-2-6-7(3-5)14-10(13-6)18-4-8(16)15-9(12)17/h1-3H,4,11H2,(H,13,14)(H3,12,15,16,17). The van der Waals surface area contributed by atoms with Crippen molar-refractivity contribution in [3.63, 3.8) is 0 Å². The Bertz CT molecular complexity index is 609. The van der Waals surface area contributed by atoms with Crippen LogP contribution in [-0.4, -0.2) is 27.7 Å². The molecular weight excluding hydrogens is 254 g/mol. The minimum Gasteiger partial charge on any atom is -0.399 e. The number of amides is 3. The zero-order valence-electron chi connectivity index (χ0n) is 9.27. The van der Waals surface area contributed by atoms with E-state index < -0.39 is 11.9 Å². The fourth-order valence-corrected chi connectivity index (χ4v) is 2.06. The molecule has 0 bridgehead atoms. The summed E-state index contributed by atoms with van der Waals surface area (Å²) < 4.78 is 0. The van der Waals surface area contributed by atoms with Crippen LogP contribution < -0.4 is 16.8 Å². The molecule has 7 nitrogen and oxygen atoms in total. The molecule has 0 saturated carbocycles. The smallest absolute Gasteiger partial charge is 0.318 e. The molecule has 1 aromatic carbocycles. The van der Waals surface area contributed by atoms with Crippen molar-refractivity contribution in [3.05, 3.63) is 18.2 Å². The monoisotopic (exact) mass is 265 g/mol. The lowest BCUT2D eigenvalue weighted by atomic mass is 10.3. The van der Waals surface area contributed by atoms with Gasteiger partial charge in [0.15, 0.2) is 5.16 Å². The van der Waals surface area contributed by atoms with Crippen molar-refractivity contribution in [2.75, 3.05) is 11.5 Å². The number of nitrogen functional groups attached to an aromatic ring is 1. The number of imide groups is 1. The highest BCUT2D eigenvalue weighted by Gasteiger charge is 2.08. The van der Waals surface area contributed by atoms with E-state index in [-0.39, 0.29) is 5.75 Å². The lowest BCUT2D eigenvalue weighted by Gasteiger charge is -1.97. The van der Waals surface area contributed by atoms with Crippen molar-refractivity contribution < 1.29 is 9.59 Å². The molecule has 0 unspecified atom stereocenters. The molecule has 0 radical (unpaired) electrons. The lowest BCUT2D eigenvalue weighted by molar-refractivity contribution is -0.117. The Kier molecular flexibility index (Phi) is 3.38. The quantitative estimate of drug-likeness (QED) is 0.473. The molecule has 1 heterocycles. The third-order valence-corrected chi connectivity index (χ3v) is 2.96. The number of H-pyrrole nitrogens is 1. The number of benzene rings is 1. The maximum absolute atomic E-state index is 11.2. The van der Waals surface area contributed by atoms with Gasteiger partial charge in [0, 0.05) is 5.69 Å². The van der Waals surface area contributed by atoms with Crippen LogP contribution in [0.1, 0.15) is 0 Å². The van der Waals surface area contributed by atoms with Crippen LogP contribution in [0, 0.1) is 0 Å². The molecule has 94 valence electrons. The van der Waals surface area contributed by atoms with Gasteiger partial charge in [-0.1, -0.05) is 11.8 Å². The second kappa shape index (κ2) is 4.96. The number of aromatic amines is 1. The number of imidazole rings is 1. The fourth-order valence-electron chi connectivity index (χ4n) is 1.38. The van der Waals surface area contributed by atoms with Gasteiger partial charge in [-0.05, 0) is 18.2 Å². The molecule has 0 saturated heterocycles. The first-order valence-electron chi connectivity index (χ1n) is 5.02. The van der Waals surface area contributed by atoms with Crippen molar-refractivity contribution in [2.24, 2.45) is 5.73 Å². The first kappa shape index (κ1) is 12.2.